The van der Waals surface area contributed by atoms with Crippen molar-refractivity contribution >= 4 is 56.2 Å². The predicted molar refractivity (Wildman–Crippen MR) is 178 cm³/mol. The summed E-state index contributed by atoms with van der Waals surface area (Å²) in [4.78, 5) is 38.1. The van der Waals surface area contributed by atoms with Crippen LogP contribution in [0.1, 0.15) is 22.5 Å². The molecule has 15 heteroatoms. The highest BCUT2D eigenvalue weighted by atomic mass is 35.5. The maximum atomic E-state index is 13.8. The molecular formula is C33H22Cl2N8O5. The summed E-state index contributed by atoms with van der Waals surface area (Å²) >= 11 is 12.4. The van der Waals surface area contributed by atoms with E-state index in [-0.39, 0.29) is 31.9 Å². The molecule has 0 aliphatic rings. The number of benzene rings is 3. The van der Waals surface area contributed by atoms with Gasteiger partial charge in [-0.3, -0.25) is 9.13 Å². The fraction of sp³-hybridized carbons (Fsp3) is 0.121. The minimum Gasteiger partial charge on any atom is -0.423 e. The second-order valence-electron chi connectivity index (χ2n) is 11.2. The van der Waals surface area contributed by atoms with E-state index in [0.717, 1.165) is 0 Å². The Kier molecular flexibility index (Phi) is 7.26. The highest BCUT2D eigenvalue weighted by Gasteiger charge is 2.17. The van der Waals surface area contributed by atoms with E-state index in [1.54, 1.807) is 67.3 Å². The van der Waals surface area contributed by atoms with E-state index in [4.69, 9.17) is 32.0 Å². The average Bonchev–Trinajstić information content (AvgIpc) is 3.77. The monoisotopic (exact) mass is 680 g/mol. The first-order valence-electron chi connectivity index (χ1n) is 14.7. The summed E-state index contributed by atoms with van der Waals surface area (Å²) < 4.78 is 17.0. The molecule has 5 heterocycles. The van der Waals surface area contributed by atoms with Crippen molar-refractivity contribution in [2.45, 2.75) is 26.2 Å². The molecule has 0 N–H and O–H groups in total. The van der Waals surface area contributed by atoms with Crippen molar-refractivity contribution in [1.82, 2.24) is 39.1 Å². The second kappa shape index (κ2) is 11.8. The van der Waals surface area contributed by atoms with Crippen molar-refractivity contribution in [3.63, 3.8) is 0 Å². The number of hydrogen-bond donors (Lipinski definition) is 0. The van der Waals surface area contributed by atoms with Crippen LogP contribution in [0.5, 0.6) is 0 Å². The third-order valence-electron chi connectivity index (χ3n) is 7.98. The Morgan fingerprint density at radius 3 is 1.50 bits per heavy atom. The molecule has 3 aromatic carbocycles. The van der Waals surface area contributed by atoms with Crippen molar-refractivity contribution in [2.24, 2.45) is 0 Å². The second-order valence-corrected chi connectivity index (χ2v) is 12.1. The zero-order chi connectivity index (χ0) is 32.9. The summed E-state index contributed by atoms with van der Waals surface area (Å²) in [6.45, 7) is 0.820. The smallest absolute Gasteiger partial charge is 0.336 e. The van der Waals surface area contributed by atoms with E-state index in [2.05, 4.69) is 20.6 Å². The molecule has 0 saturated heterocycles. The zero-order valence-corrected chi connectivity index (χ0v) is 26.3. The Bertz CT molecular complexity index is 2520. The lowest BCUT2D eigenvalue weighted by molar-refractivity contribution is 0.555. The maximum absolute atomic E-state index is 13.8. The third kappa shape index (κ3) is 5.58. The molecule has 8 rings (SSSR count). The van der Waals surface area contributed by atoms with Crippen molar-refractivity contribution in [1.29, 1.82) is 0 Å². The van der Waals surface area contributed by atoms with Crippen molar-refractivity contribution in [3.05, 3.63) is 149 Å². The van der Waals surface area contributed by atoms with Crippen LogP contribution in [0.3, 0.4) is 0 Å². The van der Waals surface area contributed by atoms with Crippen LogP contribution in [-0.4, -0.2) is 39.1 Å². The van der Waals surface area contributed by atoms with Crippen LogP contribution in [0, 0.1) is 0 Å². The van der Waals surface area contributed by atoms with E-state index in [1.807, 2.05) is 24.3 Å². The van der Waals surface area contributed by atoms with E-state index in [1.165, 1.54) is 12.1 Å². The molecule has 0 saturated carbocycles. The quantitative estimate of drug-likeness (QED) is 0.208. The fourth-order valence-electron chi connectivity index (χ4n) is 5.89. The molecule has 8 aromatic rings. The van der Waals surface area contributed by atoms with Crippen LogP contribution < -0.4 is 16.9 Å². The number of hydrogen-bond acceptors (Lipinski definition) is 9. The molecule has 0 radical (unpaired) electrons. The van der Waals surface area contributed by atoms with Gasteiger partial charge in [-0.1, -0.05) is 45.8 Å². The number of halogens is 2. The minimum absolute atomic E-state index is 0.161. The first-order chi connectivity index (χ1) is 23.3. The van der Waals surface area contributed by atoms with Gasteiger partial charge in [0.1, 0.15) is 22.6 Å². The number of rotatable bonds is 8. The Hall–Kier alpha value is -5.79. The summed E-state index contributed by atoms with van der Waals surface area (Å²) in [6.07, 6.45) is 3.46. The fourth-order valence-corrected chi connectivity index (χ4v) is 6.23. The number of imidazole rings is 1. The van der Waals surface area contributed by atoms with Crippen LogP contribution in [0.4, 0.5) is 0 Å². The molecule has 0 aliphatic carbocycles. The van der Waals surface area contributed by atoms with Gasteiger partial charge in [-0.05, 0) is 59.7 Å². The molecule has 0 fully saturated rings. The molecule has 48 heavy (non-hydrogen) atoms. The SMILES string of the molecule is O=c1cc(Cn2cc(Cn3c(=O)n(Cc4cn(Cc5cc(=O)oc6ccc(Cl)cc56)nn4)c4ccccc43)nn2)c2cc(Cl)ccc2o1. The van der Waals surface area contributed by atoms with Gasteiger partial charge in [0.2, 0.25) is 0 Å². The highest BCUT2D eigenvalue weighted by Crippen LogP contribution is 2.24. The summed E-state index contributed by atoms with van der Waals surface area (Å²) in [7, 11) is 0. The zero-order valence-electron chi connectivity index (χ0n) is 24.8. The van der Waals surface area contributed by atoms with Crippen molar-refractivity contribution in [3.8, 4) is 0 Å². The van der Waals surface area contributed by atoms with Crippen LogP contribution in [-0.2, 0) is 26.2 Å². The standard InChI is InChI=1S/C33H22Cl2N8O5/c34-21-5-7-29-25(11-21)19(9-31(44)47-29)13-40-15-23(36-38-40)17-42-27-3-1-2-4-28(27)43(33(42)46)18-24-16-41(39-37-24)14-20-10-32(45)48-30-8-6-22(35)12-26(20)30/h1-12,15-16H,13-14,17-18H2. The maximum Gasteiger partial charge on any atom is 0.336 e. The molecule has 5 aromatic heterocycles. The van der Waals surface area contributed by atoms with E-state index >= 15 is 0 Å². The van der Waals surface area contributed by atoms with Gasteiger partial charge in [0.25, 0.3) is 0 Å². The lowest BCUT2D eigenvalue weighted by Crippen LogP contribution is -2.25. The van der Waals surface area contributed by atoms with Gasteiger partial charge in [-0.15, -0.1) is 10.2 Å². The minimum atomic E-state index is -0.481. The van der Waals surface area contributed by atoms with E-state index < -0.39 is 11.3 Å². The van der Waals surface area contributed by atoms with Crippen molar-refractivity contribution in [2.75, 3.05) is 0 Å². The van der Waals surface area contributed by atoms with Crippen molar-refractivity contribution < 1.29 is 8.83 Å². The van der Waals surface area contributed by atoms with Gasteiger partial charge < -0.3 is 8.83 Å². The number of fused-ring (bicyclic) bond motifs is 3. The lowest BCUT2D eigenvalue weighted by atomic mass is 10.1. The largest absolute Gasteiger partial charge is 0.423 e. The van der Waals surface area contributed by atoms with Gasteiger partial charge in [-0.2, -0.15) is 0 Å². The normalized spacial score (nSPS) is 11.7. The van der Waals surface area contributed by atoms with E-state index in [9.17, 15) is 14.4 Å². The number of nitrogens with zero attached hydrogens (tertiary/aromatic N) is 8. The predicted octanol–water partition coefficient (Wildman–Crippen LogP) is 4.70. The number of aromatic nitrogens is 8. The van der Waals surface area contributed by atoms with Gasteiger partial charge >= 0.3 is 16.9 Å². The molecule has 0 spiro atoms. The first kappa shape index (κ1) is 29.6. The van der Waals surface area contributed by atoms with Gasteiger partial charge in [-0.25, -0.2) is 23.7 Å². The summed E-state index contributed by atoms with van der Waals surface area (Å²) in [5, 5.41) is 19.5. The molecule has 238 valence electrons. The molecule has 0 unspecified atom stereocenters. The Balaban J connectivity index is 1.06. The van der Waals surface area contributed by atoms with Crippen LogP contribution in [0.25, 0.3) is 33.0 Å². The Labute approximate surface area is 278 Å². The van der Waals surface area contributed by atoms with Gasteiger partial charge in [0, 0.05) is 33.0 Å². The van der Waals surface area contributed by atoms with Gasteiger partial charge in [0.15, 0.2) is 0 Å². The molecular weight excluding hydrogens is 659 g/mol. The van der Waals surface area contributed by atoms with Gasteiger partial charge in [0.05, 0.1) is 49.6 Å². The molecule has 0 bridgehead atoms. The summed E-state index contributed by atoms with van der Waals surface area (Å²) in [6, 6.07) is 20.4. The summed E-state index contributed by atoms with van der Waals surface area (Å²) in [5.41, 5.74) is 3.51. The molecule has 0 aliphatic heterocycles. The number of para-hydroxylation sites is 2. The Morgan fingerprint density at radius 1 is 0.583 bits per heavy atom. The third-order valence-corrected chi connectivity index (χ3v) is 8.45. The Morgan fingerprint density at radius 2 is 1.04 bits per heavy atom. The van der Waals surface area contributed by atoms with Crippen LogP contribution in [0.15, 0.2) is 108 Å². The molecule has 13 nitrogen and oxygen atoms in total. The highest BCUT2D eigenvalue weighted by molar-refractivity contribution is 6.31. The first-order valence-corrected chi connectivity index (χ1v) is 15.4. The topological polar surface area (TPSA) is 149 Å². The van der Waals surface area contributed by atoms with E-state index in [0.29, 0.717) is 65.5 Å². The van der Waals surface area contributed by atoms with Crippen LogP contribution in [0.2, 0.25) is 10.0 Å². The summed E-state index contributed by atoms with van der Waals surface area (Å²) in [5.74, 6) is 0. The lowest BCUT2D eigenvalue weighted by Gasteiger charge is -2.05. The average molecular weight is 681 g/mol. The van der Waals surface area contributed by atoms with Crippen LogP contribution >= 0.6 is 23.2 Å². The molecule has 0 amide bonds. The molecule has 0 atom stereocenters.